The fourth-order valence-corrected chi connectivity index (χ4v) is 3.28. The molecule has 0 bridgehead atoms. The maximum Gasteiger partial charge on any atom is 0.0274 e. The van der Waals surface area contributed by atoms with Crippen LogP contribution in [0.5, 0.6) is 0 Å². The molecule has 0 aliphatic carbocycles. The molecule has 0 N–H and O–H groups in total. The Balaban J connectivity index is 3.21. The Hall–Kier alpha value is 1.41. The summed E-state index contributed by atoms with van der Waals surface area (Å²) in [5, 5.41) is 0. The summed E-state index contributed by atoms with van der Waals surface area (Å²) in [6.07, 6.45) is 1.13. The van der Waals surface area contributed by atoms with Crippen LogP contribution in [-0.4, -0.2) is 0 Å². The SMILES string of the molecule is CCc1cc(I)c(I)cc1I. The van der Waals surface area contributed by atoms with Crippen molar-refractivity contribution < 1.29 is 0 Å². The summed E-state index contributed by atoms with van der Waals surface area (Å²) >= 11 is 7.14. The molecule has 0 aliphatic heterocycles. The van der Waals surface area contributed by atoms with Gasteiger partial charge >= 0.3 is 0 Å². The van der Waals surface area contributed by atoms with Gasteiger partial charge in [-0.15, -0.1) is 0 Å². The summed E-state index contributed by atoms with van der Waals surface area (Å²) in [6, 6.07) is 4.51. The number of benzene rings is 1. The van der Waals surface area contributed by atoms with Crippen molar-refractivity contribution in [3.05, 3.63) is 28.4 Å². The first-order chi connectivity index (χ1) is 5.15. The molecule has 1 aromatic carbocycles. The van der Waals surface area contributed by atoms with Gasteiger partial charge in [-0.2, -0.15) is 0 Å². The monoisotopic (exact) mass is 484 g/mol. The van der Waals surface area contributed by atoms with Crippen LogP contribution in [0.4, 0.5) is 0 Å². The van der Waals surface area contributed by atoms with Crippen molar-refractivity contribution in [1.82, 2.24) is 0 Å². The zero-order chi connectivity index (χ0) is 8.43. The molecule has 0 radical (unpaired) electrons. The lowest BCUT2D eigenvalue weighted by atomic mass is 10.2. The van der Waals surface area contributed by atoms with E-state index in [0.717, 1.165) is 6.42 Å². The van der Waals surface area contributed by atoms with E-state index in [2.05, 4.69) is 86.8 Å². The molecule has 1 aromatic rings. The maximum absolute atomic E-state index is 2.39. The average Bonchev–Trinajstić information content (AvgIpc) is 1.97. The van der Waals surface area contributed by atoms with E-state index < -0.39 is 0 Å². The molecule has 0 unspecified atom stereocenters. The summed E-state index contributed by atoms with van der Waals surface area (Å²) in [6.45, 7) is 2.19. The predicted octanol–water partition coefficient (Wildman–Crippen LogP) is 4.06. The van der Waals surface area contributed by atoms with Gasteiger partial charge < -0.3 is 0 Å². The lowest BCUT2D eigenvalue weighted by molar-refractivity contribution is 1.12. The second-order valence-electron chi connectivity index (χ2n) is 2.21. The number of halogens is 3. The van der Waals surface area contributed by atoms with E-state index in [9.17, 15) is 0 Å². The predicted molar refractivity (Wildman–Crippen MR) is 74.0 cm³/mol. The average molecular weight is 484 g/mol. The summed E-state index contributed by atoms with van der Waals surface area (Å²) in [5.74, 6) is 0. The summed E-state index contributed by atoms with van der Waals surface area (Å²) in [5.41, 5.74) is 1.45. The molecular formula is C8H7I3. The van der Waals surface area contributed by atoms with E-state index in [1.807, 2.05) is 0 Å². The summed E-state index contributed by atoms with van der Waals surface area (Å²) in [7, 11) is 0. The Labute approximate surface area is 108 Å². The molecule has 0 aliphatic rings. The molecule has 0 saturated heterocycles. The van der Waals surface area contributed by atoms with Crippen LogP contribution in [0.1, 0.15) is 12.5 Å². The Bertz CT molecular complexity index is 268. The minimum absolute atomic E-state index is 1.13. The van der Waals surface area contributed by atoms with Gasteiger partial charge in [-0.25, -0.2) is 0 Å². The third-order valence-corrected chi connectivity index (χ3v) is 5.29. The molecule has 0 heterocycles. The Morgan fingerprint density at radius 1 is 1.00 bits per heavy atom. The highest BCUT2D eigenvalue weighted by Gasteiger charge is 2.01. The molecule has 1 rings (SSSR count). The molecule has 0 spiro atoms. The van der Waals surface area contributed by atoms with Crippen LogP contribution in [-0.2, 0) is 6.42 Å². The molecule has 0 amide bonds. The molecule has 0 aromatic heterocycles. The van der Waals surface area contributed by atoms with Crippen LogP contribution in [0.2, 0.25) is 0 Å². The molecule has 0 atom stereocenters. The van der Waals surface area contributed by atoms with Crippen molar-refractivity contribution in [3.8, 4) is 0 Å². The van der Waals surface area contributed by atoms with Crippen molar-refractivity contribution in [2.24, 2.45) is 0 Å². The highest BCUT2D eigenvalue weighted by molar-refractivity contribution is 14.1. The van der Waals surface area contributed by atoms with Crippen LogP contribution in [0.25, 0.3) is 0 Å². The minimum atomic E-state index is 1.13. The molecule has 0 nitrogen and oxygen atoms in total. The van der Waals surface area contributed by atoms with Crippen LogP contribution in [0, 0.1) is 10.7 Å². The maximum atomic E-state index is 2.39. The van der Waals surface area contributed by atoms with E-state index in [1.54, 1.807) is 0 Å². The first-order valence-electron chi connectivity index (χ1n) is 3.28. The molecule has 0 fully saturated rings. The minimum Gasteiger partial charge on any atom is -0.0613 e. The summed E-state index contributed by atoms with van der Waals surface area (Å²) < 4.78 is 4.10. The highest BCUT2D eigenvalue weighted by atomic mass is 127. The number of hydrogen-bond acceptors (Lipinski definition) is 0. The van der Waals surface area contributed by atoms with Gasteiger partial charge in [-0.3, -0.25) is 0 Å². The lowest BCUT2D eigenvalue weighted by Gasteiger charge is -2.03. The Kier molecular flexibility index (Phi) is 4.38. The largest absolute Gasteiger partial charge is 0.0613 e. The van der Waals surface area contributed by atoms with Crippen molar-refractivity contribution in [1.29, 1.82) is 0 Å². The zero-order valence-electron chi connectivity index (χ0n) is 6.00. The smallest absolute Gasteiger partial charge is 0.0274 e. The first kappa shape index (κ1) is 10.5. The second-order valence-corrected chi connectivity index (χ2v) is 5.70. The molecule has 11 heavy (non-hydrogen) atoms. The van der Waals surface area contributed by atoms with Crippen molar-refractivity contribution in [2.45, 2.75) is 13.3 Å². The Morgan fingerprint density at radius 3 is 2.09 bits per heavy atom. The van der Waals surface area contributed by atoms with Gasteiger partial charge in [0.15, 0.2) is 0 Å². The van der Waals surface area contributed by atoms with Gasteiger partial charge in [0.2, 0.25) is 0 Å². The topological polar surface area (TPSA) is 0 Å². The van der Waals surface area contributed by atoms with Gasteiger partial charge in [0.05, 0.1) is 0 Å². The van der Waals surface area contributed by atoms with E-state index >= 15 is 0 Å². The van der Waals surface area contributed by atoms with Crippen molar-refractivity contribution in [3.63, 3.8) is 0 Å². The first-order valence-corrected chi connectivity index (χ1v) is 6.52. The van der Waals surface area contributed by atoms with Crippen LogP contribution >= 0.6 is 67.8 Å². The van der Waals surface area contributed by atoms with Crippen molar-refractivity contribution in [2.75, 3.05) is 0 Å². The number of hydrogen-bond donors (Lipinski definition) is 0. The zero-order valence-corrected chi connectivity index (χ0v) is 12.5. The normalized spacial score (nSPS) is 10.2. The van der Waals surface area contributed by atoms with Crippen molar-refractivity contribution >= 4 is 67.8 Å². The van der Waals surface area contributed by atoms with Crippen LogP contribution in [0.15, 0.2) is 12.1 Å². The molecular weight excluding hydrogens is 477 g/mol. The number of rotatable bonds is 1. The fraction of sp³-hybridized carbons (Fsp3) is 0.250. The highest BCUT2D eigenvalue weighted by Crippen LogP contribution is 2.22. The van der Waals surface area contributed by atoms with Gasteiger partial charge in [0.1, 0.15) is 0 Å². The van der Waals surface area contributed by atoms with E-state index in [0.29, 0.717) is 0 Å². The van der Waals surface area contributed by atoms with Gasteiger partial charge in [-0.05, 0) is 91.9 Å². The third-order valence-electron chi connectivity index (χ3n) is 1.47. The number of aryl methyl sites for hydroxylation is 1. The molecule has 0 saturated carbocycles. The lowest BCUT2D eigenvalue weighted by Crippen LogP contribution is -1.89. The van der Waals surface area contributed by atoms with Crippen LogP contribution < -0.4 is 0 Å². The molecule has 60 valence electrons. The molecule has 3 heteroatoms. The summed E-state index contributed by atoms with van der Waals surface area (Å²) in [4.78, 5) is 0. The van der Waals surface area contributed by atoms with Crippen LogP contribution in [0.3, 0.4) is 0 Å². The van der Waals surface area contributed by atoms with Gasteiger partial charge in [0.25, 0.3) is 0 Å². The van der Waals surface area contributed by atoms with Gasteiger partial charge in [-0.1, -0.05) is 6.92 Å². The van der Waals surface area contributed by atoms with E-state index in [4.69, 9.17) is 0 Å². The second kappa shape index (κ2) is 4.59. The van der Waals surface area contributed by atoms with Gasteiger partial charge in [0, 0.05) is 10.7 Å². The Morgan fingerprint density at radius 2 is 1.55 bits per heavy atom. The van der Waals surface area contributed by atoms with E-state index in [1.165, 1.54) is 16.3 Å². The fourth-order valence-electron chi connectivity index (χ4n) is 0.835. The van der Waals surface area contributed by atoms with E-state index in [-0.39, 0.29) is 0 Å². The third kappa shape index (κ3) is 2.68. The standard InChI is InChI=1S/C8H7I3/c1-2-5-3-7(10)8(11)4-6(5)9/h3-4H,2H2,1H3. The quantitative estimate of drug-likeness (QED) is 0.417.